The lowest BCUT2D eigenvalue weighted by Crippen LogP contribution is -2.35. The molecule has 0 radical (unpaired) electrons. The summed E-state index contributed by atoms with van der Waals surface area (Å²) >= 11 is 1.72. The zero-order valence-electron chi connectivity index (χ0n) is 16.4. The summed E-state index contributed by atoms with van der Waals surface area (Å²) in [5.41, 5.74) is 4.05. The molecule has 0 bridgehead atoms. The minimum Gasteiger partial charge on any atom is -0.390 e. The lowest BCUT2D eigenvalue weighted by Gasteiger charge is -2.19. The highest BCUT2D eigenvalue weighted by Crippen LogP contribution is 2.35. The number of thiophene rings is 1. The van der Waals surface area contributed by atoms with E-state index in [1.807, 2.05) is 19.1 Å². The molecule has 1 aliphatic rings. The highest BCUT2D eigenvalue weighted by molar-refractivity contribution is 7.17. The van der Waals surface area contributed by atoms with Gasteiger partial charge in [0, 0.05) is 33.3 Å². The number of aryl methyl sites for hydroxylation is 1. The predicted molar refractivity (Wildman–Crippen MR) is 116 cm³/mol. The molecule has 4 aromatic rings. The molecule has 150 valence electrons. The number of aliphatic hydroxyl groups excluding tert-OH is 2. The lowest BCUT2D eigenvalue weighted by atomic mass is 10.1. The van der Waals surface area contributed by atoms with E-state index in [2.05, 4.69) is 40.8 Å². The van der Waals surface area contributed by atoms with Crippen molar-refractivity contribution in [3.8, 4) is 11.3 Å². The van der Waals surface area contributed by atoms with Gasteiger partial charge in [-0.25, -0.2) is 4.98 Å². The molecule has 0 unspecified atom stereocenters. The fourth-order valence-electron chi connectivity index (χ4n) is 4.22. The summed E-state index contributed by atoms with van der Waals surface area (Å²) in [7, 11) is 0. The lowest BCUT2D eigenvalue weighted by molar-refractivity contribution is 0.0210. The molecule has 0 saturated heterocycles. The predicted octanol–water partition coefficient (Wildman–Crippen LogP) is 3.72. The van der Waals surface area contributed by atoms with Gasteiger partial charge < -0.3 is 15.5 Å². The molecule has 29 heavy (non-hydrogen) atoms. The summed E-state index contributed by atoms with van der Waals surface area (Å²) in [5.74, 6) is 0.818. The Labute approximate surface area is 172 Å². The van der Waals surface area contributed by atoms with Crippen LogP contribution in [0.5, 0.6) is 0 Å². The van der Waals surface area contributed by atoms with Crippen molar-refractivity contribution in [2.75, 3.05) is 5.32 Å². The normalized spacial score (nSPS) is 24.6. The molecule has 4 atom stereocenters. The Bertz CT molecular complexity index is 1180. The van der Waals surface area contributed by atoms with Crippen molar-refractivity contribution in [2.24, 2.45) is 5.92 Å². The van der Waals surface area contributed by atoms with Gasteiger partial charge in [-0.2, -0.15) is 9.61 Å². The van der Waals surface area contributed by atoms with Gasteiger partial charge in [0.1, 0.15) is 11.9 Å². The van der Waals surface area contributed by atoms with Crippen molar-refractivity contribution in [3.63, 3.8) is 0 Å². The van der Waals surface area contributed by atoms with Crippen molar-refractivity contribution in [3.05, 3.63) is 47.5 Å². The number of aromatic nitrogens is 3. The van der Waals surface area contributed by atoms with Gasteiger partial charge in [0.25, 0.3) is 0 Å². The molecule has 1 aromatic carbocycles. The minimum absolute atomic E-state index is 0.0537. The minimum atomic E-state index is -0.795. The van der Waals surface area contributed by atoms with Gasteiger partial charge in [0.15, 0.2) is 5.65 Å². The molecule has 0 aliphatic heterocycles. The summed E-state index contributed by atoms with van der Waals surface area (Å²) in [6.07, 6.45) is 1.94. The van der Waals surface area contributed by atoms with Crippen molar-refractivity contribution in [1.82, 2.24) is 14.6 Å². The van der Waals surface area contributed by atoms with E-state index in [1.165, 1.54) is 15.6 Å². The highest BCUT2D eigenvalue weighted by Gasteiger charge is 2.39. The van der Waals surface area contributed by atoms with Crippen LogP contribution < -0.4 is 5.32 Å². The third kappa shape index (κ3) is 3.10. The second kappa shape index (κ2) is 7.09. The van der Waals surface area contributed by atoms with E-state index in [9.17, 15) is 10.2 Å². The highest BCUT2D eigenvalue weighted by atomic mass is 32.1. The van der Waals surface area contributed by atoms with Crippen LogP contribution in [0.15, 0.2) is 41.9 Å². The van der Waals surface area contributed by atoms with Gasteiger partial charge in [-0.05, 0) is 42.5 Å². The Morgan fingerprint density at radius 2 is 2.07 bits per heavy atom. The Balaban J connectivity index is 1.54. The number of nitrogens with one attached hydrogen (secondary N) is 1. The average Bonchev–Trinajstić information content (AvgIpc) is 3.40. The first-order valence-electron chi connectivity index (χ1n) is 10.0. The number of nitrogens with zero attached hydrogens (tertiary/aromatic N) is 3. The maximum absolute atomic E-state index is 10.3. The molecule has 0 amide bonds. The number of fused-ring (bicyclic) bond motifs is 2. The van der Waals surface area contributed by atoms with Crippen LogP contribution in [0.2, 0.25) is 0 Å². The maximum Gasteiger partial charge on any atom is 0.157 e. The van der Waals surface area contributed by atoms with E-state index in [-0.39, 0.29) is 12.0 Å². The smallest absolute Gasteiger partial charge is 0.157 e. The summed E-state index contributed by atoms with van der Waals surface area (Å²) < 4.78 is 3.03. The first-order valence-corrected chi connectivity index (χ1v) is 10.9. The fourth-order valence-corrected chi connectivity index (χ4v) is 5.15. The van der Waals surface area contributed by atoms with Crippen LogP contribution in [-0.4, -0.2) is 43.1 Å². The van der Waals surface area contributed by atoms with E-state index < -0.39 is 12.2 Å². The van der Waals surface area contributed by atoms with E-state index >= 15 is 0 Å². The van der Waals surface area contributed by atoms with Crippen LogP contribution in [-0.2, 0) is 6.42 Å². The van der Waals surface area contributed by atoms with Crippen molar-refractivity contribution < 1.29 is 10.2 Å². The zero-order chi connectivity index (χ0) is 20.1. The molecule has 1 fully saturated rings. The second-order valence-electron chi connectivity index (χ2n) is 7.91. The van der Waals surface area contributed by atoms with Gasteiger partial charge in [-0.3, -0.25) is 0 Å². The van der Waals surface area contributed by atoms with E-state index in [4.69, 9.17) is 5.10 Å². The summed E-state index contributed by atoms with van der Waals surface area (Å²) in [6, 6.07) is 10.2. The van der Waals surface area contributed by atoms with E-state index in [0.717, 1.165) is 29.1 Å². The maximum atomic E-state index is 10.3. The fraction of sp³-hybridized carbons (Fsp3) is 0.364. The van der Waals surface area contributed by atoms with Crippen LogP contribution in [0.3, 0.4) is 0 Å². The number of rotatable bonds is 4. The van der Waals surface area contributed by atoms with Crippen molar-refractivity contribution >= 4 is 32.9 Å². The molecular weight excluding hydrogens is 384 g/mol. The number of hydrogen-bond acceptors (Lipinski definition) is 6. The summed E-state index contributed by atoms with van der Waals surface area (Å²) in [6.45, 7) is 4.12. The quantitative estimate of drug-likeness (QED) is 0.479. The van der Waals surface area contributed by atoms with Crippen LogP contribution in [0.4, 0.5) is 5.82 Å². The molecule has 7 heteroatoms. The second-order valence-corrected chi connectivity index (χ2v) is 8.82. The van der Waals surface area contributed by atoms with Crippen LogP contribution in [0, 0.1) is 5.92 Å². The van der Waals surface area contributed by atoms with Gasteiger partial charge in [-0.15, -0.1) is 11.3 Å². The molecule has 1 saturated carbocycles. The standard InChI is InChI=1S/C22H24N4O2S/c1-3-13-4-5-18-14(9-13)15(11-29-18)16-10-20-23-7-6-19(26(20)25-16)24-17-8-12(2)21(27)22(17)28/h4-7,9-12,17,21-22,24,27-28H,3,8H2,1-2H3/t12-,17-,21-,22+/m1/s1. The third-order valence-electron chi connectivity index (χ3n) is 5.98. The Morgan fingerprint density at radius 1 is 1.21 bits per heavy atom. The van der Waals surface area contributed by atoms with E-state index in [1.54, 1.807) is 22.0 Å². The first kappa shape index (κ1) is 18.5. The van der Waals surface area contributed by atoms with Crippen molar-refractivity contribution in [2.45, 2.75) is 44.9 Å². The van der Waals surface area contributed by atoms with Crippen molar-refractivity contribution in [1.29, 1.82) is 0 Å². The molecule has 3 heterocycles. The molecule has 3 N–H and O–H groups in total. The molecule has 6 nitrogen and oxygen atoms in total. The summed E-state index contributed by atoms with van der Waals surface area (Å²) in [5, 5.41) is 32.0. The van der Waals surface area contributed by atoms with E-state index in [0.29, 0.717) is 6.42 Å². The molecule has 1 aliphatic carbocycles. The largest absolute Gasteiger partial charge is 0.390 e. The number of hydrogen-bond donors (Lipinski definition) is 3. The molecule has 5 rings (SSSR count). The van der Waals surface area contributed by atoms with Gasteiger partial charge in [0.05, 0.1) is 17.8 Å². The Morgan fingerprint density at radius 3 is 2.83 bits per heavy atom. The molecule has 3 aromatic heterocycles. The average molecular weight is 409 g/mol. The molecular formula is C22H24N4O2S. The number of anilines is 1. The van der Waals surface area contributed by atoms with Gasteiger partial charge >= 0.3 is 0 Å². The zero-order valence-corrected chi connectivity index (χ0v) is 17.2. The van der Waals surface area contributed by atoms with Crippen LogP contribution in [0.1, 0.15) is 25.8 Å². The Kier molecular flexibility index (Phi) is 4.53. The first-order chi connectivity index (χ1) is 14.0. The van der Waals surface area contributed by atoms with Gasteiger partial charge in [-0.1, -0.05) is 19.9 Å². The molecule has 0 spiro atoms. The van der Waals surface area contributed by atoms with Crippen LogP contribution in [0.25, 0.3) is 27.0 Å². The van der Waals surface area contributed by atoms with Gasteiger partial charge in [0.2, 0.25) is 0 Å². The van der Waals surface area contributed by atoms with Crippen LogP contribution >= 0.6 is 11.3 Å². The monoisotopic (exact) mass is 408 g/mol. The third-order valence-corrected chi connectivity index (χ3v) is 6.95. The SMILES string of the molecule is CCc1ccc2scc(-c3cc4nccc(N[C@@H]5C[C@@H](C)[C@@H](O)[C@H]5O)n4n3)c2c1. The topological polar surface area (TPSA) is 82.7 Å². The summed E-state index contributed by atoms with van der Waals surface area (Å²) in [4.78, 5) is 4.46. The Hall–Kier alpha value is -2.48. The number of benzene rings is 1. The number of aliphatic hydroxyl groups is 2.